The average Bonchev–Trinajstić information content (AvgIpc) is 2.84. The van der Waals surface area contributed by atoms with Gasteiger partial charge in [-0.1, -0.05) is 24.6 Å². The van der Waals surface area contributed by atoms with Gasteiger partial charge in [0.1, 0.15) is 0 Å². The molecule has 1 unspecified atom stereocenters. The largest absolute Gasteiger partial charge is 0.335 e. The number of urea groups is 1. The number of anilines is 1. The summed E-state index contributed by atoms with van der Waals surface area (Å²) in [6, 6.07) is 7.67. The molecule has 1 aromatic rings. The molecule has 1 N–H and O–H groups in total. The van der Waals surface area contributed by atoms with E-state index in [-0.39, 0.29) is 6.42 Å². The number of para-hydroxylation sites is 1. The molecular formula is C16H19N3O3. The molecule has 2 aliphatic rings. The maximum atomic E-state index is 12.4. The van der Waals surface area contributed by atoms with E-state index in [0.717, 1.165) is 37.3 Å². The molecule has 0 aromatic heterocycles. The molecule has 3 rings (SSSR count). The fourth-order valence-corrected chi connectivity index (χ4v) is 3.05. The number of nitrogens with one attached hydrogen (secondary N) is 1. The fourth-order valence-electron chi connectivity index (χ4n) is 3.05. The highest BCUT2D eigenvalue weighted by molar-refractivity contribution is 6.19. The van der Waals surface area contributed by atoms with Gasteiger partial charge in [-0.3, -0.25) is 14.5 Å². The zero-order valence-corrected chi connectivity index (χ0v) is 12.3. The molecule has 0 aliphatic carbocycles. The molecule has 1 aromatic carbocycles. The summed E-state index contributed by atoms with van der Waals surface area (Å²) in [4.78, 5) is 39.5. The SMILES string of the molecule is O=C1CC(N2CCCCC2)C(=O)N1C(=O)Nc1ccccc1. The molecule has 0 bridgehead atoms. The van der Waals surface area contributed by atoms with Crippen molar-refractivity contribution in [1.29, 1.82) is 0 Å². The van der Waals surface area contributed by atoms with Crippen LogP contribution in [0, 0.1) is 0 Å². The molecule has 2 aliphatic heterocycles. The van der Waals surface area contributed by atoms with Crippen LogP contribution in [0.5, 0.6) is 0 Å². The third-order valence-corrected chi connectivity index (χ3v) is 4.18. The van der Waals surface area contributed by atoms with Crippen molar-refractivity contribution in [2.24, 2.45) is 0 Å². The van der Waals surface area contributed by atoms with Crippen LogP contribution in [0.3, 0.4) is 0 Å². The maximum Gasteiger partial charge on any atom is 0.335 e. The van der Waals surface area contributed by atoms with Crippen molar-refractivity contribution < 1.29 is 14.4 Å². The van der Waals surface area contributed by atoms with E-state index in [9.17, 15) is 14.4 Å². The van der Waals surface area contributed by atoms with E-state index in [0.29, 0.717) is 5.69 Å². The van der Waals surface area contributed by atoms with Crippen LogP contribution in [0.2, 0.25) is 0 Å². The summed E-state index contributed by atoms with van der Waals surface area (Å²) in [5.74, 6) is -0.825. The number of nitrogens with zero attached hydrogens (tertiary/aromatic N) is 2. The van der Waals surface area contributed by atoms with Gasteiger partial charge in [-0.05, 0) is 38.1 Å². The lowest BCUT2D eigenvalue weighted by molar-refractivity contribution is -0.135. The van der Waals surface area contributed by atoms with Gasteiger partial charge in [0.15, 0.2) is 0 Å². The molecule has 2 saturated heterocycles. The minimum Gasteiger partial charge on any atom is -0.307 e. The van der Waals surface area contributed by atoms with Crippen LogP contribution in [-0.4, -0.2) is 46.8 Å². The van der Waals surface area contributed by atoms with Gasteiger partial charge in [0.2, 0.25) is 5.91 Å². The van der Waals surface area contributed by atoms with E-state index in [1.54, 1.807) is 24.3 Å². The Kier molecular flexibility index (Phi) is 4.20. The number of hydrogen-bond donors (Lipinski definition) is 1. The first-order valence-corrected chi connectivity index (χ1v) is 7.64. The number of piperidine rings is 1. The van der Waals surface area contributed by atoms with Crippen LogP contribution in [0.25, 0.3) is 0 Å². The van der Waals surface area contributed by atoms with Crippen LogP contribution in [0.15, 0.2) is 30.3 Å². The zero-order chi connectivity index (χ0) is 15.5. The monoisotopic (exact) mass is 301 g/mol. The predicted molar refractivity (Wildman–Crippen MR) is 81.1 cm³/mol. The Morgan fingerprint density at radius 2 is 1.73 bits per heavy atom. The molecule has 6 nitrogen and oxygen atoms in total. The number of carbonyl (C=O) groups excluding carboxylic acids is 3. The first kappa shape index (κ1) is 14.7. The highest BCUT2D eigenvalue weighted by Gasteiger charge is 2.45. The van der Waals surface area contributed by atoms with Gasteiger partial charge in [-0.25, -0.2) is 4.79 Å². The maximum absolute atomic E-state index is 12.4. The van der Waals surface area contributed by atoms with Gasteiger partial charge in [-0.15, -0.1) is 0 Å². The zero-order valence-electron chi connectivity index (χ0n) is 12.3. The first-order valence-electron chi connectivity index (χ1n) is 7.64. The number of rotatable bonds is 2. The quantitative estimate of drug-likeness (QED) is 0.846. The lowest BCUT2D eigenvalue weighted by atomic mass is 10.1. The number of benzene rings is 1. The Balaban J connectivity index is 1.69. The fraction of sp³-hybridized carbons (Fsp3) is 0.438. The molecule has 4 amide bonds. The minimum atomic E-state index is -0.666. The van der Waals surface area contributed by atoms with Crippen molar-refractivity contribution >= 4 is 23.5 Å². The normalized spacial score (nSPS) is 22.9. The summed E-state index contributed by atoms with van der Waals surface area (Å²) in [5.41, 5.74) is 0.564. The van der Waals surface area contributed by atoms with Crippen molar-refractivity contribution in [3.05, 3.63) is 30.3 Å². The van der Waals surface area contributed by atoms with Crippen LogP contribution in [0.4, 0.5) is 10.5 Å². The standard InChI is InChI=1S/C16H19N3O3/c20-14-11-13(18-9-5-2-6-10-18)15(21)19(14)16(22)17-12-7-3-1-4-8-12/h1,3-4,7-8,13H,2,5-6,9-11H2,(H,17,22). The average molecular weight is 301 g/mol. The molecule has 116 valence electrons. The molecule has 2 heterocycles. The Labute approximate surface area is 129 Å². The van der Waals surface area contributed by atoms with E-state index < -0.39 is 23.9 Å². The van der Waals surface area contributed by atoms with Crippen LogP contribution < -0.4 is 5.32 Å². The van der Waals surface area contributed by atoms with Gasteiger partial charge in [0.25, 0.3) is 5.91 Å². The number of amides is 4. The second-order valence-corrected chi connectivity index (χ2v) is 5.68. The second kappa shape index (κ2) is 6.27. The third-order valence-electron chi connectivity index (χ3n) is 4.18. The Morgan fingerprint density at radius 1 is 1.05 bits per heavy atom. The number of carbonyl (C=O) groups is 3. The minimum absolute atomic E-state index is 0.0983. The van der Waals surface area contributed by atoms with Crippen molar-refractivity contribution in [3.8, 4) is 0 Å². The Hall–Kier alpha value is -2.21. The van der Waals surface area contributed by atoms with Gasteiger partial charge >= 0.3 is 6.03 Å². The highest BCUT2D eigenvalue weighted by Crippen LogP contribution is 2.23. The van der Waals surface area contributed by atoms with Crippen molar-refractivity contribution in [3.63, 3.8) is 0 Å². The Morgan fingerprint density at radius 3 is 2.41 bits per heavy atom. The topological polar surface area (TPSA) is 69.7 Å². The smallest absolute Gasteiger partial charge is 0.307 e. The molecule has 0 radical (unpaired) electrons. The van der Waals surface area contributed by atoms with Crippen molar-refractivity contribution in [2.75, 3.05) is 18.4 Å². The summed E-state index contributed by atoms with van der Waals surface area (Å²) >= 11 is 0. The molecule has 22 heavy (non-hydrogen) atoms. The van der Waals surface area contributed by atoms with E-state index in [2.05, 4.69) is 5.32 Å². The number of hydrogen-bond acceptors (Lipinski definition) is 4. The van der Waals surface area contributed by atoms with E-state index in [4.69, 9.17) is 0 Å². The summed E-state index contributed by atoms with van der Waals surface area (Å²) < 4.78 is 0. The molecule has 6 heteroatoms. The van der Waals surface area contributed by atoms with Crippen molar-refractivity contribution in [2.45, 2.75) is 31.7 Å². The van der Waals surface area contributed by atoms with Crippen LogP contribution >= 0.6 is 0 Å². The van der Waals surface area contributed by atoms with Crippen LogP contribution in [0.1, 0.15) is 25.7 Å². The molecule has 2 fully saturated rings. The molecule has 0 saturated carbocycles. The molecule has 0 spiro atoms. The van der Waals surface area contributed by atoms with Crippen LogP contribution in [-0.2, 0) is 9.59 Å². The van der Waals surface area contributed by atoms with Gasteiger partial charge in [-0.2, -0.15) is 4.90 Å². The van der Waals surface area contributed by atoms with Gasteiger partial charge in [0.05, 0.1) is 12.5 Å². The second-order valence-electron chi connectivity index (χ2n) is 5.68. The third kappa shape index (κ3) is 2.87. The first-order chi connectivity index (χ1) is 10.7. The lowest BCUT2D eigenvalue weighted by Crippen LogP contribution is -2.46. The summed E-state index contributed by atoms with van der Waals surface area (Å²) in [6.45, 7) is 1.63. The summed E-state index contributed by atoms with van der Waals surface area (Å²) in [6.07, 6.45) is 3.33. The predicted octanol–water partition coefficient (Wildman–Crippen LogP) is 1.83. The number of imide groups is 3. The molecular weight excluding hydrogens is 282 g/mol. The highest BCUT2D eigenvalue weighted by atomic mass is 16.2. The van der Waals surface area contributed by atoms with Crippen molar-refractivity contribution in [1.82, 2.24) is 9.80 Å². The van der Waals surface area contributed by atoms with E-state index >= 15 is 0 Å². The van der Waals surface area contributed by atoms with E-state index in [1.807, 2.05) is 11.0 Å². The summed E-state index contributed by atoms with van der Waals surface area (Å²) in [7, 11) is 0. The lowest BCUT2D eigenvalue weighted by Gasteiger charge is -2.30. The molecule has 1 atom stereocenters. The van der Waals surface area contributed by atoms with Gasteiger partial charge < -0.3 is 5.32 Å². The summed E-state index contributed by atoms with van der Waals surface area (Å²) in [5, 5.41) is 2.59. The van der Waals surface area contributed by atoms with E-state index in [1.165, 1.54) is 0 Å². The van der Waals surface area contributed by atoms with Gasteiger partial charge in [0, 0.05) is 5.69 Å². The Bertz CT molecular complexity index is 582. The number of likely N-dealkylation sites (tertiary alicyclic amines) is 2.